The minimum Gasteiger partial charge on any atom is -0.462 e. The SMILES string of the molecule is CCOC(=O)C1=C(C)CC(c2ccc(F)cc2)=C1. The summed E-state index contributed by atoms with van der Waals surface area (Å²) < 4.78 is 17.8. The molecular weight excluding hydrogens is 231 g/mol. The van der Waals surface area contributed by atoms with Gasteiger partial charge in [-0.1, -0.05) is 17.7 Å². The van der Waals surface area contributed by atoms with Crippen LogP contribution in [0, 0.1) is 5.82 Å². The molecule has 0 atom stereocenters. The number of allylic oxidation sites excluding steroid dienone is 2. The van der Waals surface area contributed by atoms with Gasteiger partial charge in [-0.05, 0) is 49.6 Å². The van der Waals surface area contributed by atoms with Crippen molar-refractivity contribution in [3.8, 4) is 0 Å². The van der Waals surface area contributed by atoms with Gasteiger partial charge < -0.3 is 4.74 Å². The van der Waals surface area contributed by atoms with Crippen LogP contribution in [0.3, 0.4) is 0 Å². The smallest absolute Gasteiger partial charge is 0.338 e. The molecule has 0 radical (unpaired) electrons. The van der Waals surface area contributed by atoms with E-state index in [-0.39, 0.29) is 11.8 Å². The van der Waals surface area contributed by atoms with Crippen molar-refractivity contribution in [1.82, 2.24) is 0 Å². The van der Waals surface area contributed by atoms with E-state index in [1.54, 1.807) is 19.1 Å². The molecule has 0 bridgehead atoms. The zero-order chi connectivity index (χ0) is 13.1. The van der Waals surface area contributed by atoms with Crippen LogP contribution >= 0.6 is 0 Å². The topological polar surface area (TPSA) is 26.3 Å². The zero-order valence-corrected chi connectivity index (χ0v) is 10.5. The monoisotopic (exact) mass is 246 g/mol. The number of ether oxygens (including phenoxy) is 1. The fourth-order valence-electron chi connectivity index (χ4n) is 2.02. The van der Waals surface area contributed by atoms with Gasteiger partial charge in [0.25, 0.3) is 0 Å². The number of carbonyl (C=O) groups excluding carboxylic acids is 1. The maximum Gasteiger partial charge on any atom is 0.338 e. The lowest BCUT2D eigenvalue weighted by Gasteiger charge is -2.01. The largest absolute Gasteiger partial charge is 0.462 e. The zero-order valence-electron chi connectivity index (χ0n) is 10.5. The van der Waals surface area contributed by atoms with Crippen LogP contribution in [0.1, 0.15) is 25.8 Å². The predicted octanol–water partition coefficient (Wildman–Crippen LogP) is 3.49. The third-order valence-electron chi connectivity index (χ3n) is 2.94. The molecule has 1 aromatic carbocycles. The molecule has 1 aromatic rings. The van der Waals surface area contributed by atoms with Crippen molar-refractivity contribution in [2.45, 2.75) is 20.3 Å². The Morgan fingerprint density at radius 1 is 1.33 bits per heavy atom. The van der Waals surface area contributed by atoms with Gasteiger partial charge in [0.2, 0.25) is 0 Å². The summed E-state index contributed by atoms with van der Waals surface area (Å²) in [4.78, 5) is 11.7. The lowest BCUT2D eigenvalue weighted by molar-refractivity contribution is -0.138. The molecule has 0 unspecified atom stereocenters. The molecule has 2 rings (SSSR count). The Morgan fingerprint density at radius 2 is 2.00 bits per heavy atom. The summed E-state index contributed by atoms with van der Waals surface area (Å²) in [6.45, 7) is 4.07. The van der Waals surface area contributed by atoms with E-state index in [1.165, 1.54) is 12.1 Å². The molecule has 18 heavy (non-hydrogen) atoms. The van der Waals surface area contributed by atoms with Gasteiger partial charge in [-0.2, -0.15) is 0 Å². The van der Waals surface area contributed by atoms with Crippen LogP contribution in [0.15, 0.2) is 41.5 Å². The Balaban J connectivity index is 2.22. The highest BCUT2D eigenvalue weighted by Crippen LogP contribution is 2.32. The molecule has 94 valence electrons. The van der Waals surface area contributed by atoms with E-state index in [1.807, 2.05) is 13.0 Å². The summed E-state index contributed by atoms with van der Waals surface area (Å²) in [5, 5.41) is 0. The molecule has 1 aliphatic carbocycles. The number of rotatable bonds is 3. The lowest BCUT2D eigenvalue weighted by atomic mass is 10.0. The highest BCUT2D eigenvalue weighted by atomic mass is 19.1. The van der Waals surface area contributed by atoms with Gasteiger partial charge in [-0.25, -0.2) is 9.18 Å². The molecule has 0 N–H and O–H groups in total. The Morgan fingerprint density at radius 3 is 2.61 bits per heavy atom. The van der Waals surface area contributed by atoms with Gasteiger partial charge in [-0.3, -0.25) is 0 Å². The third kappa shape index (κ3) is 2.50. The maximum atomic E-state index is 12.9. The molecule has 2 nitrogen and oxygen atoms in total. The molecular formula is C15H15FO2. The van der Waals surface area contributed by atoms with E-state index < -0.39 is 0 Å². The van der Waals surface area contributed by atoms with Crippen LogP contribution in [-0.4, -0.2) is 12.6 Å². The molecule has 0 aromatic heterocycles. The second-order valence-corrected chi connectivity index (χ2v) is 4.27. The second kappa shape index (κ2) is 5.17. The van der Waals surface area contributed by atoms with E-state index in [4.69, 9.17) is 4.74 Å². The molecule has 0 heterocycles. The minimum atomic E-state index is -0.285. The number of esters is 1. The second-order valence-electron chi connectivity index (χ2n) is 4.27. The van der Waals surface area contributed by atoms with E-state index in [0.717, 1.165) is 16.7 Å². The fourth-order valence-corrected chi connectivity index (χ4v) is 2.02. The van der Waals surface area contributed by atoms with Gasteiger partial charge in [0.15, 0.2) is 0 Å². The highest BCUT2D eigenvalue weighted by molar-refractivity contribution is 5.97. The van der Waals surface area contributed by atoms with Gasteiger partial charge >= 0.3 is 5.97 Å². The van der Waals surface area contributed by atoms with Crippen molar-refractivity contribution in [2.75, 3.05) is 6.61 Å². The van der Waals surface area contributed by atoms with Gasteiger partial charge in [0.05, 0.1) is 12.2 Å². The first-order chi connectivity index (χ1) is 8.61. The van der Waals surface area contributed by atoms with E-state index in [0.29, 0.717) is 18.6 Å². The van der Waals surface area contributed by atoms with Crippen LogP contribution in [-0.2, 0) is 9.53 Å². The first-order valence-electron chi connectivity index (χ1n) is 5.95. The van der Waals surface area contributed by atoms with Gasteiger partial charge in [-0.15, -0.1) is 0 Å². The molecule has 0 saturated heterocycles. The van der Waals surface area contributed by atoms with Crippen LogP contribution < -0.4 is 0 Å². The number of carbonyl (C=O) groups is 1. The molecule has 0 spiro atoms. The Bertz CT molecular complexity index is 524. The average Bonchev–Trinajstić information content (AvgIpc) is 2.72. The standard InChI is InChI=1S/C15H15FO2/c1-3-18-15(17)14-9-12(8-10(14)2)11-4-6-13(16)7-5-11/h4-7,9H,3,8H2,1-2H3. The molecule has 0 fully saturated rings. The maximum absolute atomic E-state index is 12.9. The lowest BCUT2D eigenvalue weighted by Crippen LogP contribution is -2.06. The molecule has 1 aliphatic rings. The van der Waals surface area contributed by atoms with Crippen LogP contribution in [0.5, 0.6) is 0 Å². The summed E-state index contributed by atoms with van der Waals surface area (Å²) in [6, 6.07) is 6.30. The average molecular weight is 246 g/mol. The van der Waals surface area contributed by atoms with Gasteiger partial charge in [0.1, 0.15) is 5.82 Å². The third-order valence-corrected chi connectivity index (χ3v) is 2.94. The van der Waals surface area contributed by atoms with Crippen molar-refractivity contribution >= 4 is 11.5 Å². The molecule has 0 aliphatic heterocycles. The first kappa shape index (κ1) is 12.6. The summed E-state index contributed by atoms with van der Waals surface area (Å²) in [6.07, 6.45) is 2.54. The normalized spacial score (nSPS) is 14.7. The number of halogens is 1. The van der Waals surface area contributed by atoms with Crippen LogP contribution in [0.2, 0.25) is 0 Å². The highest BCUT2D eigenvalue weighted by Gasteiger charge is 2.20. The van der Waals surface area contributed by atoms with Crippen molar-refractivity contribution in [1.29, 1.82) is 0 Å². The summed E-state index contributed by atoms with van der Waals surface area (Å²) in [7, 11) is 0. The number of hydrogen-bond donors (Lipinski definition) is 0. The van der Waals surface area contributed by atoms with Crippen LogP contribution in [0.4, 0.5) is 4.39 Å². The van der Waals surface area contributed by atoms with Crippen molar-refractivity contribution in [3.05, 3.63) is 52.9 Å². The summed E-state index contributed by atoms with van der Waals surface area (Å²) in [5.74, 6) is -0.542. The summed E-state index contributed by atoms with van der Waals surface area (Å²) >= 11 is 0. The molecule has 0 amide bonds. The van der Waals surface area contributed by atoms with Crippen molar-refractivity contribution < 1.29 is 13.9 Å². The number of hydrogen-bond acceptors (Lipinski definition) is 2. The van der Waals surface area contributed by atoms with Gasteiger partial charge in [0, 0.05) is 0 Å². The van der Waals surface area contributed by atoms with E-state index in [2.05, 4.69) is 0 Å². The summed E-state index contributed by atoms with van der Waals surface area (Å²) in [5.41, 5.74) is 3.58. The Kier molecular flexibility index (Phi) is 3.60. The van der Waals surface area contributed by atoms with E-state index in [9.17, 15) is 9.18 Å². The number of benzene rings is 1. The van der Waals surface area contributed by atoms with E-state index >= 15 is 0 Å². The van der Waals surface area contributed by atoms with Crippen molar-refractivity contribution in [2.24, 2.45) is 0 Å². The Labute approximate surface area is 106 Å². The van der Waals surface area contributed by atoms with Crippen LogP contribution in [0.25, 0.3) is 5.57 Å². The minimum absolute atomic E-state index is 0.257. The fraction of sp³-hybridized carbons (Fsp3) is 0.267. The molecule has 3 heteroatoms. The Hall–Kier alpha value is -1.90. The predicted molar refractivity (Wildman–Crippen MR) is 68.3 cm³/mol. The first-order valence-corrected chi connectivity index (χ1v) is 5.95. The molecule has 0 saturated carbocycles. The quantitative estimate of drug-likeness (QED) is 0.763. The van der Waals surface area contributed by atoms with Crippen molar-refractivity contribution in [3.63, 3.8) is 0 Å².